The molecule has 0 aliphatic carbocycles. The first-order chi connectivity index (χ1) is 30.5. The molecule has 8 aromatic rings. The fraction of sp³-hybridized carbons (Fsp3) is 0.236. The molecule has 1 unspecified atom stereocenters. The van der Waals surface area contributed by atoms with Gasteiger partial charge >= 0.3 is 0 Å². The molecule has 0 radical (unpaired) electrons. The van der Waals surface area contributed by atoms with Crippen LogP contribution < -0.4 is 0 Å². The van der Waals surface area contributed by atoms with E-state index in [2.05, 4.69) is 55.5 Å². The summed E-state index contributed by atoms with van der Waals surface area (Å²) in [5.74, 6) is -2.00. The summed E-state index contributed by atoms with van der Waals surface area (Å²) in [4.78, 5) is 1.24. The summed E-state index contributed by atoms with van der Waals surface area (Å²) in [6.07, 6.45) is -1.62. The van der Waals surface area contributed by atoms with Crippen molar-refractivity contribution in [2.24, 2.45) is 0 Å². The molecular formula is C55H52O6S. The normalized spacial score (nSPS) is 20.2. The largest absolute Gasteiger partial charge is 0.374 e. The molecular weight excluding hydrogens is 789 g/mol. The quantitative estimate of drug-likeness (QED) is 0.0985. The Labute approximate surface area is 368 Å². The zero-order valence-corrected chi connectivity index (χ0v) is 35.8. The van der Waals surface area contributed by atoms with Gasteiger partial charge in [-0.2, -0.15) is 0 Å². The molecule has 7 heteroatoms. The van der Waals surface area contributed by atoms with Gasteiger partial charge in [-0.25, -0.2) is 0 Å². The predicted molar refractivity (Wildman–Crippen MR) is 248 cm³/mol. The molecule has 1 saturated heterocycles. The van der Waals surface area contributed by atoms with Gasteiger partial charge in [-0.05, 0) is 74.2 Å². The van der Waals surface area contributed by atoms with Crippen LogP contribution in [0.15, 0.2) is 182 Å². The number of hydrogen-bond donors (Lipinski definition) is 1. The van der Waals surface area contributed by atoms with E-state index in [1.807, 2.05) is 145 Å². The molecule has 5 atom stereocenters. The lowest BCUT2D eigenvalue weighted by molar-refractivity contribution is -0.378. The molecule has 9 rings (SSSR count). The van der Waals surface area contributed by atoms with Crippen molar-refractivity contribution in [3.63, 3.8) is 0 Å². The average Bonchev–Trinajstić information content (AvgIpc) is 3.72. The second-order valence-electron chi connectivity index (χ2n) is 16.1. The maximum absolute atomic E-state index is 13.8. The number of benzene rings is 7. The molecule has 0 spiro atoms. The molecule has 0 amide bonds. The topological polar surface area (TPSA) is 66.4 Å². The molecule has 62 heavy (non-hydrogen) atoms. The highest BCUT2D eigenvalue weighted by Gasteiger charge is 2.58. The molecule has 6 nitrogen and oxygen atoms in total. The van der Waals surface area contributed by atoms with Crippen molar-refractivity contribution in [3.05, 3.63) is 226 Å². The van der Waals surface area contributed by atoms with Crippen LogP contribution in [0.2, 0.25) is 0 Å². The summed E-state index contributed by atoms with van der Waals surface area (Å²) >= 11 is 1.81. The van der Waals surface area contributed by atoms with Gasteiger partial charge in [0.25, 0.3) is 0 Å². The van der Waals surface area contributed by atoms with Crippen molar-refractivity contribution in [2.75, 3.05) is 6.61 Å². The van der Waals surface area contributed by atoms with Crippen LogP contribution in [0.1, 0.15) is 50.7 Å². The maximum Gasteiger partial charge on any atom is 0.223 e. The van der Waals surface area contributed by atoms with Gasteiger partial charge in [0.2, 0.25) is 5.79 Å². The van der Waals surface area contributed by atoms with Crippen molar-refractivity contribution in [3.8, 4) is 0 Å². The zero-order chi connectivity index (χ0) is 42.1. The SMILES string of the molecule is CCc1ccc2sc(Cc3cc(C4(O)O[C@H](COCc5ccccc5)[C@H](OCc5ccccc5)[C@@H](OCc5ccccc5)[C@H]4OCc4ccccc4)c4ccccc4c3)cc2c1. The van der Waals surface area contributed by atoms with Crippen LogP contribution in [-0.2, 0) is 68.7 Å². The third-order valence-electron chi connectivity index (χ3n) is 11.7. The Hall–Kier alpha value is -5.48. The Kier molecular flexibility index (Phi) is 13.3. The Balaban J connectivity index is 1.16. The highest BCUT2D eigenvalue weighted by atomic mass is 32.1. The third kappa shape index (κ3) is 9.76. The van der Waals surface area contributed by atoms with Crippen LogP contribution in [0.25, 0.3) is 20.9 Å². The van der Waals surface area contributed by atoms with E-state index in [1.54, 1.807) is 0 Å². The molecule has 1 fully saturated rings. The first-order valence-electron chi connectivity index (χ1n) is 21.5. The van der Waals surface area contributed by atoms with E-state index in [-0.39, 0.29) is 19.8 Å². The van der Waals surface area contributed by atoms with Crippen LogP contribution >= 0.6 is 11.3 Å². The number of thiophene rings is 1. The first-order valence-corrected chi connectivity index (χ1v) is 22.4. The van der Waals surface area contributed by atoms with Crippen LogP contribution in [-0.4, -0.2) is 36.1 Å². The summed E-state index contributed by atoms with van der Waals surface area (Å²) in [5, 5.41) is 16.9. The van der Waals surface area contributed by atoms with E-state index in [0.29, 0.717) is 25.2 Å². The number of ether oxygens (including phenoxy) is 5. The minimum atomic E-state index is -2.00. The van der Waals surface area contributed by atoms with Crippen LogP contribution in [0.5, 0.6) is 0 Å². The van der Waals surface area contributed by atoms with Gasteiger partial charge in [0.1, 0.15) is 24.4 Å². The van der Waals surface area contributed by atoms with E-state index < -0.39 is 30.2 Å². The number of aliphatic hydroxyl groups is 1. The maximum atomic E-state index is 13.8. The van der Waals surface area contributed by atoms with Crippen LogP contribution in [0, 0.1) is 0 Å². The molecule has 1 aliphatic heterocycles. The van der Waals surface area contributed by atoms with Crippen LogP contribution in [0.3, 0.4) is 0 Å². The van der Waals surface area contributed by atoms with Crippen molar-refractivity contribution >= 4 is 32.2 Å². The second kappa shape index (κ2) is 19.7. The summed E-state index contributed by atoms with van der Waals surface area (Å²) < 4.78 is 35.8. The highest BCUT2D eigenvalue weighted by Crippen LogP contribution is 2.45. The van der Waals surface area contributed by atoms with Gasteiger partial charge in [0, 0.05) is 21.6 Å². The van der Waals surface area contributed by atoms with E-state index >= 15 is 0 Å². The molecule has 0 bridgehead atoms. The lowest BCUT2D eigenvalue weighted by atomic mass is 9.84. The molecule has 0 saturated carbocycles. The number of aryl methyl sites for hydroxylation is 1. The summed E-state index contributed by atoms with van der Waals surface area (Å²) in [6, 6.07) is 61.8. The second-order valence-corrected chi connectivity index (χ2v) is 17.2. The monoisotopic (exact) mass is 840 g/mol. The number of rotatable bonds is 17. The average molecular weight is 841 g/mol. The van der Waals surface area contributed by atoms with Gasteiger partial charge in [0.15, 0.2) is 0 Å². The fourth-order valence-electron chi connectivity index (χ4n) is 8.50. The predicted octanol–water partition coefficient (Wildman–Crippen LogP) is 11.7. The smallest absolute Gasteiger partial charge is 0.223 e. The van der Waals surface area contributed by atoms with E-state index in [4.69, 9.17) is 23.7 Å². The van der Waals surface area contributed by atoms with Gasteiger partial charge in [-0.3, -0.25) is 0 Å². The van der Waals surface area contributed by atoms with Crippen molar-refractivity contribution in [1.82, 2.24) is 0 Å². The number of fused-ring (bicyclic) bond motifs is 2. The standard InChI is InChI=1S/C55H52O6S/c1-2-39-27-28-51-46(29-39)33-47(62-51)31-44-30-45-25-15-16-26-48(45)49(32-44)55(56)54(60-37-43-23-13-6-14-24-43)53(59-36-42-21-11-5-12-22-42)52(58-35-41-19-9-4-10-20-41)50(61-55)38-57-34-40-17-7-3-8-18-40/h3-30,32-33,50,52-54,56H,2,31,34-38H2,1H3/t50-,52+,53-,54-,55?/m1/s1. The lowest BCUT2D eigenvalue weighted by Gasteiger charge is -2.50. The van der Waals surface area contributed by atoms with Gasteiger partial charge in [-0.15, -0.1) is 11.3 Å². The third-order valence-corrected chi connectivity index (χ3v) is 12.8. The molecule has 2 heterocycles. The Morgan fingerprint density at radius 3 is 1.71 bits per heavy atom. The minimum Gasteiger partial charge on any atom is -0.374 e. The minimum absolute atomic E-state index is 0.131. The molecule has 314 valence electrons. The van der Waals surface area contributed by atoms with Crippen molar-refractivity contribution in [1.29, 1.82) is 0 Å². The van der Waals surface area contributed by atoms with E-state index in [9.17, 15) is 5.11 Å². The van der Waals surface area contributed by atoms with Crippen LogP contribution in [0.4, 0.5) is 0 Å². The Morgan fingerprint density at radius 2 is 1.08 bits per heavy atom. The molecule has 1 N–H and O–H groups in total. The Morgan fingerprint density at radius 1 is 0.532 bits per heavy atom. The molecule has 1 aliphatic rings. The van der Waals surface area contributed by atoms with Crippen molar-refractivity contribution in [2.45, 2.75) is 76.4 Å². The van der Waals surface area contributed by atoms with Gasteiger partial charge < -0.3 is 28.8 Å². The summed E-state index contributed by atoms with van der Waals surface area (Å²) in [5.41, 5.74) is 6.98. The van der Waals surface area contributed by atoms with E-state index in [0.717, 1.165) is 45.0 Å². The lowest BCUT2D eigenvalue weighted by Crippen LogP contribution is -2.65. The zero-order valence-electron chi connectivity index (χ0n) is 35.0. The summed E-state index contributed by atoms with van der Waals surface area (Å²) in [6.45, 7) is 3.46. The van der Waals surface area contributed by atoms with Gasteiger partial charge in [-0.1, -0.05) is 171 Å². The highest BCUT2D eigenvalue weighted by molar-refractivity contribution is 7.19. The van der Waals surface area contributed by atoms with E-state index in [1.165, 1.54) is 20.5 Å². The molecule has 1 aromatic heterocycles. The number of hydrogen-bond acceptors (Lipinski definition) is 7. The van der Waals surface area contributed by atoms with Gasteiger partial charge in [0.05, 0.1) is 33.0 Å². The summed E-state index contributed by atoms with van der Waals surface area (Å²) in [7, 11) is 0. The molecule has 7 aromatic carbocycles. The fourth-order valence-corrected chi connectivity index (χ4v) is 9.58. The first kappa shape index (κ1) is 41.9. The van der Waals surface area contributed by atoms with Crippen molar-refractivity contribution < 1.29 is 28.8 Å². The Bertz CT molecular complexity index is 2650.